The fourth-order valence-electron chi connectivity index (χ4n) is 1.60. The van der Waals surface area contributed by atoms with E-state index < -0.39 is 17.9 Å². The maximum absolute atomic E-state index is 11.6. The van der Waals surface area contributed by atoms with Crippen LogP contribution in [0.3, 0.4) is 0 Å². The molecule has 1 rings (SSSR count). The molecule has 2 unspecified atom stereocenters. The zero-order valence-corrected chi connectivity index (χ0v) is 9.18. The van der Waals surface area contributed by atoms with E-state index in [1.165, 1.54) is 4.90 Å². The van der Waals surface area contributed by atoms with E-state index in [4.69, 9.17) is 9.84 Å². The van der Waals surface area contributed by atoms with Crippen molar-refractivity contribution < 1.29 is 19.4 Å². The van der Waals surface area contributed by atoms with Crippen LogP contribution in [0, 0.1) is 5.92 Å². The average Bonchev–Trinajstić information content (AvgIpc) is 2.73. The Morgan fingerprint density at radius 2 is 2.31 bits per heavy atom. The number of nitrogens with one attached hydrogen (secondary N) is 1. The van der Waals surface area contributed by atoms with Gasteiger partial charge in [0.15, 0.2) is 0 Å². The number of amides is 2. The molecule has 2 N–H and O–H groups in total. The van der Waals surface area contributed by atoms with Crippen LogP contribution in [0.25, 0.3) is 0 Å². The number of urea groups is 1. The van der Waals surface area contributed by atoms with Crippen LogP contribution in [0.1, 0.15) is 0 Å². The fourth-order valence-corrected chi connectivity index (χ4v) is 1.60. The molecule has 1 saturated heterocycles. The van der Waals surface area contributed by atoms with E-state index in [1.807, 2.05) is 0 Å². The lowest BCUT2D eigenvalue weighted by molar-refractivity contribution is -0.142. The van der Waals surface area contributed by atoms with Gasteiger partial charge in [-0.2, -0.15) is 0 Å². The van der Waals surface area contributed by atoms with Crippen LogP contribution < -0.4 is 5.32 Å². The number of aliphatic carboxylic acids is 1. The summed E-state index contributed by atoms with van der Waals surface area (Å²) in [6.45, 7) is 4.25. The summed E-state index contributed by atoms with van der Waals surface area (Å²) < 4.78 is 5.08. The maximum atomic E-state index is 11.6. The Labute approximate surface area is 93.9 Å². The van der Waals surface area contributed by atoms with Gasteiger partial charge in [-0.15, -0.1) is 6.58 Å². The summed E-state index contributed by atoms with van der Waals surface area (Å²) >= 11 is 0. The molecule has 90 valence electrons. The van der Waals surface area contributed by atoms with Crippen LogP contribution in [-0.2, 0) is 9.53 Å². The first-order chi connectivity index (χ1) is 7.57. The van der Waals surface area contributed by atoms with E-state index in [9.17, 15) is 9.59 Å². The third-order valence-corrected chi connectivity index (χ3v) is 2.58. The summed E-state index contributed by atoms with van der Waals surface area (Å²) in [4.78, 5) is 23.8. The molecule has 0 radical (unpaired) electrons. The minimum atomic E-state index is -0.939. The highest BCUT2D eigenvalue weighted by atomic mass is 16.5. The average molecular weight is 228 g/mol. The Kier molecular flexibility index (Phi) is 4.30. The second kappa shape index (κ2) is 5.50. The van der Waals surface area contributed by atoms with Crippen molar-refractivity contribution in [3.8, 4) is 0 Å². The summed E-state index contributed by atoms with van der Waals surface area (Å²) in [5.41, 5.74) is 0. The van der Waals surface area contributed by atoms with Crippen molar-refractivity contribution in [2.24, 2.45) is 5.92 Å². The first kappa shape index (κ1) is 12.5. The number of carboxylic acid groups (broad SMARTS) is 1. The van der Waals surface area contributed by atoms with Gasteiger partial charge in [0, 0.05) is 13.6 Å². The summed E-state index contributed by atoms with van der Waals surface area (Å²) in [6, 6.07) is -0.732. The number of nitrogens with zero attached hydrogens (tertiary/aromatic N) is 1. The van der Waals surface area contributed by atoms with E-state index in [0.29, 0.717) is 6.54 Å². The monoisotopic (exact) mass is 228 g/mol. The Bertz CT molecular complexity index is 293. The number of carbonyl (C=O) groups excluding carboxylic acids is 1. The van der Waals surface area contributed by atoms with Crippen LogP contribution in [0.5, 0.6) is 0 Å². The van der Waals surface area contributed by atoms with E-state index in [2.05, 4.69) is 11.9 Å². The Morgan fingerprint density at radius 1 is 1.62 bits per heavy atom. The second-order valence-electron chi connectivity index (χ2n) is 3.64. The lowest BCUT2D eigenvalue weighted by Crippen LogP contribution is -2.48. The Balaban J connectivity index is 2.58. The number of hydrogen-bond donors (Lipinski definition) is 2. The van der Waals surface area contributed by atoms with Crippen molar-refractivity contribution in [3.63, 3.8) is 0 Å². The zero-order chi connectivity index (χ0) is 12.1. The first-order valence-corrected chi connectivity index (χ1v) is 5.00. The van der Waals surface area contributed by atoms with E-state index in [0.717, 1.165) is 0 Å². The van der Waals surface area contributed by atoms with Gasteiger partial charge in [-0.05, 0) is 0 Å². The van der Waals surface area contributed by atoms with Gasteiger partial charge in [0.1, 0.15) is 5.92 Å². The predicted octanol–water partition coefficient (Wildman–Crippen LogP) is -0.0866. The second-order valence-corrected chi connectivity index (χ2v) is 3.64. The molecule has 0 aliphatic carbocycles. The third-order valence-electron chi connectivity index (χ3n) is 2.58. The lowest BCUT2D eigenvalue weighted by Gasteiger charge is -2.26. The smallest absolute Gasteiger partial charge is 0.317 e. The third kappa shape index (κ3) is 2.73. The van der Waals surface area contributed by atoms with Gasteiger partial charge in [0.05, 0.1) is 19.3 Å². The molecule has 1 aliphatic rings. The predicted molar refractivity (Wildman–Crippen MR) is 57.1 cm³/mol. The largest absolute Gasteiger partial charge is 0.481 e. The molecule has 0 aromatic rings. The summed E-state index contributed by atoms with van der Waals surface area (Å²) in [7, 11) is 1.56. The molecular formula is C10H16N2O4. The van der Waals surface area contributed by atoms with Crippen LogP contribution >= 0.6 is 0 Å². The molecule has 1 fully saturated rings. The molecule has 0 bridgehead atoms. The molecule has 0 spiro atoms. The molecule has 2 amide bonds. The molecule has 6 nitrogen and oxygen atoms in total. The lowest BCUT2D eigenvalue weighted by atomic mass is 10.0. The molecular weight excluding hydrogens is 212 g/mol. The molecule has 2 atom stereocenters. The van der Waals surface area contributed by atoms with Gasteiger partial charge >= 0.3 is 12.0 Å². The van der Waals surface area contributed by atoms with Gasteiger partial charge in [-0.3, -0.25) is 4.79 Å². The number of carboxylic acids is 1. The van der Waals surface area contributed by atoms with Gasteiger partial charge < -0.3 is 20.1 Å². The van der Waals surface area contributed by atoms with Gasteiger partial charge in [0.25, 0.3) is 0 Å². The van der Waals surface area contributed by atoms with Crippen molar-refractivity contribution in [1.82, 2.24) is 10.2 Å². The minimum Gasteiger partial charge on any atom is -0.481 e. The van der Waals surface area contributed by atoms with Crippen molar-refractivity contribution in [1.29, 1.82) is 0 Å². The fraction of sp³-hybridized carbons (Fsp3) is 0.600. The summed E-state index contributed by atoms with van der Waals surface area (Å²) in [5.74, 6) is -1.59. The number of likely N-dealkylation sites (N-methyl/N-ethyl adjacent to an activating group) is 1. The minimum absolute atomic E-state index is 0.152. The number of carbonyl (C=O) groups is 2. The van der Waals surface area contributed by atoms with Gasteiger partial charge in [-0.1, -0.05) is 6.08 Å². The standard InChI is InChI=1S/C10H16N2O4/c1-3-4-11-10(15)12(2)8-6-16-5-7(8)9(13)14/h3,7-8H,1,4-6H2,2H3,(H,11,15)(H,13,14). The molecule has 0 aromatic heterocycles. The SMILES string of the molecule is C=CCNC(=O)N(C)C1COCC1C(=O)O. The van der Waals surface area contributed by atoms with Gasteiger partial charge in [-0.25, -0.2) is 4.79 Å². The van der Waals surface area contributed by atoms with Crippen molar-refractivity contribution in [2.75, 3.05) is 26.8 Å². The highest BCUT2D eigenvalue weighted by Crippen LogP contribution is 2.18. The van der Waals surface area contributed by atoms with E-state index in [1.54, 1.807) is 13.1 Å². The first-order valence-electron chi connectivity index (χ1n) is 5.00. The van der Waals surface area contributed by atoms with Crippen molar-refractivity contribution in [2.45, 2.75) is 6.04 Å². The van der Waals surface area contributed by atoms with Crippen LogP contribution in [0.2, 0.25) is 0 Å². The molecule has 6 heteroatoms. The summed E-state index contributed by atoms with van der Waals surface area (Å²) in [6.07, 6.45) is 1.56. The normalized spacial score (nSPS) is 23.8. The van der Waals surface area contributed by atoms with Crippen LogP contribution in [0.15, 0.2) is 12.7 Å². The molecule has 0 aromatic carbocycles. The Hall–Kier alpha value is -1.56. The van der Waals surface area contributed by atoms with E-state index in [-0.39, 0.29) is 19.2 Å². The van der Waals surface area contributed by atoms with Gasteiger partial charge in [0.2, 0.25) is 0 Å². The number of ether oxygens (including phenoxy) is 1. The highest BCUT2D eigenvalue weighted by molar-refractivity contribution is 5.77. The molecule has 1 heterocycles. The zero-order valence-electron chi connectivity index (χ0n) is 9.18. The van der Waals surface area contributed by atoms with Crippen LogP contribution in [0.4, 0.5) is 4.79 Å². The van der Waals surface area contributed by atoms with Crippen LogP contribution in [-0.4, -0.2) is 54.9 Å². The molecule has 1 aliphatic heterocycles. The molecule has 0 saturated carbocycles. The highest BCUT2D eigenvalue weighted by Gasteiger charge is 2.38. The Morgan fingerprint density at radius 3 is 2.88 bits per heavy atom. The molecule has 16 heavy (non-hydrogen) atoms. The maximum Gasteiger partial charge on any atom is 0.317 e. The quantitative estimate of drug-likeness (QED) is 0.659. The van der Waals surface area contributed by atoms with Crippen molar-refractivity contribution >= 4 is 12.0 Å². The van der Waals surface area contributed by atoms with Crippen molar-refractivity contribution in [3.05, 3.63) is 12.7 Å². The summed E-state index contributed by atoms with van der Waals surface area (Å²) in [5, 5.41) is 11.5. The number of hydrogen-bond acceptors (Lipinski definition) is 3. The van der Waals surface area contributed by atoms with E-state index >= 15 is 0 Å². The number of rotatable bonds is 4. The topological polar surface area (TPSA) is 78.9 Å².